The molecular weight excluding hydrogens is 271 g/mol. The molecule has 0 aliphatic carbocycles. The molecule has 0 aromatic heterocycles. The van der Waals surface area contributed by atoms with Crippen LogP contribution >= 0.6 is 12.4 Å². The molecule has 2 N–H and O–H groups in total. The zero-order valence-corrected chi connectivity index (χ0v) is 10.2. The van der Waals surface area contributed by atoms with Gasteiger partial charge in [-0.05, 0) is 6.07 Å². The maximum absolute atomic E-state index is 12.3. The molecule has 1 aromatic carbocycles. The Balaban J connectivity index is 0.00000162. The van der Waals surface area contributed by atoms with Crippen LogP contribution < -0.4 is 15.2 Å². The van der Waals surface area contributed by atoms with Gasteiger partial charge in [-0.1, -0.05) is 12.1 Å². The fourth-order valence-electron chi connectivity index (χ4n) is 1.75. The molecular formula is C11H13ClF3NO2. The van der Waals surface area contributed by atoms with E-state index in [1.807, 2.05) is 0 Å². The molecule has 1 heterocycles. The van der Waals surface area contributed by atoms with Crippen LogP contribution in [0, 0.1) is 0 Å². The SMILES string of the molecule is Cl.N[C@@H](CC(F)(F)F)c1cccc2c1OCCO2. The predicted molar refractivity (Wildman–Crippen MR) is 62.3 cm³/mol. The van der Waals surface area contributed by atoms with Gasteiger partial charge >= 0.3 is 6.18 Å². The van der Waals surface area contributed by atoms with Gasteiger partial charge in [0, 0.05) is 11.6 Å². The van der Waals surface area contributed by atoms with E-state index in [-0.39, 0.29) is 12.4 Å². The number of benzene rings is 1. The first-order valence-corrected chi connectivity index (χ1v) is 5.18. The highest BCUT2D eigenvalue weighted by molar-refractivity contribution is 5.85. The molecule has 102 valence electrons. The van der Waals surface area contributed by atoms with Gasteiger partial charge in [-0.2, -0.15) is 13.2 Å². The third-order valence-electron chi connectivity index (χ3n) is 2.45. The minimum absolute atomic E-state index is 0. The van der Waals surface area contributed by atoms with E-state index in [0.29, 0.717) is 30.3 Å². The van der Waals surface area contributed by atoms with Crippen molar-refractivity contribution in [2.75, 3.05) is 13.2 Å². The summed E-state index contributed by atoms with van der Waals surface area (Å²) >= 11 is 0. The molecule has 0 unspecified atom stereocenters. The summed E-state index contributed by atoms with van der Waals surface area (Å²) in [6.45, 7) is 0.716. The lowest BCUT2D eigenvalue weighted by molar-refractivity contribution is -0.138. The van der Waals surface area contributed by atoms with Gasteiger partial charge in [0.25, 0.3) is 0 Å². The van der Waals surface area contributed by atoms with Crippen LogP contribution in [0.1, 0.15) is 18.0 Å². The molecule has 3 nitrogen and oxygen atoms in total. The van der Waals surface area contributed by atoms with Crippen molar-refractivity contribution in [1.82, 2.24) is 0 Å². The van der Waals surface area contributed by atoms with Crippen molar-refractivity contribution in [3.63, 3.8) is 0 Å². The molecule has 1 atom stereocenters. The molecule has 0 saturated carbocycles. The molecule has 0 spiro atoms. The number of alkyl halides is 3. The Hall–Kier alpha value is -1.14. The van der Waals surface area contributed by atoms with E-state index in [1.165, 1.54) is 6.07 Å². The van der Waals surface area contributed by atoms with Gasteiger partial charge in [0.1, 0.15) is 13.2 Å². The average molecular weight is 284 g/mol. The summed E-state index contributed by atoms with van der Waals surface area (Å²) in [6.07, 6.45) is -5.37. The topological polar surface area (TPSA) is 44.5 Å². The number of hydrogen-bond acceptors (Lipinski definition) is 3. The number of ether oxygens (including phenoxy) is 2. The number of halogens is 4. The van der Waals surface area contributed by atoms with Crippen molar-refractivity contribution in [3.05, 3.63) is 23.8 Å². The Bertz CT molecular complexity index is 412. The first-order chi connectivity index (χ1) is 7.97. The van der Waals surface area contributed by atoms with E-state index in [4.69, 9.17) is 15.2 Å². The summed E-state index contributed by atoms with van der Waals surface area (Å²) in [5.74, 6) is 0.780. The predicted octanol–water partition coefficient (Wildman–Crippen LogP) is 2.83. The Kier molecular flexibility index (Phi) is 4.70. The lowest BCUT2D eigenvalue weighted by Gasteiger charge is -2.23. The summed E-state index contributed by atoms with van der Waals surface area (Å²) < 4.78 is 47.4. The molecule has 7 heteroatoms. The lowest BCUT2D eigenvalue weighted by atomic mass is 10.0. The standard InChI is InChI=1S/C11H12F3NO2.ClH/c12-11(13,14)6-8(15)7-2-1-3-9-10(7)17-5-4-16-9;/h1-3,8H,4-6,15H2;1H/t8-;/m0./s1. The molecule has 0 fully saturated rings. The fourth-order valence-corrected chi connectivity index (χ4v) is 1.75. The van der Waals surface area contributed by atoms with Crippen molar-refractivity contribution >= 4 is 12.4 Å². The third-order valence-corrected chi connectivity index (χ3v) is 2.45. The second-order valence-electron chi connectivity index (χ2n) is 3.80. The van der Waals surface area contributed by atoms with Crippen LogP contribution in [0.2, 0.25) is 0 Å². The number of fused-ring (bicyclic) bond motifs is 1. The number of para-hydroxylation sites is 1. The smallest absolute Gasteiger partial charge is 0.390 e. The van der Waals surface area contributed by atoms with Gasteiger partial charge in [-0.25, -0.2) is 0 Å². The first-order valence-electron chi connectivity index (χ1n) is 5.18. The Morgan fingerprint density at radius 2 is 1.89 bits per heavy atom. The molecule has 2 rings (SSSR count). The third kappa shape index (κ3) is 3.43. The maximum atomic E-state index is 12.3. The van der Waals surface area contributed by atoms with Crippen LogP contribution in [-0.4, -0.2) is 19.4 Å². The molecule has 1 aromatic rings. The number of nitrogens with two attached hydrogens (primary N) is 1. The van der Waals surface area contributed by atoms with E-state index < -0.39 is 18.6 Å². The van der Waals surface area contributed by atoms with Crippen LogP contribution in [0.5, 0.6) is 11.5 Å². The number of rotatable bonds is 2. The molecule has 0 amide bonds. The van der Waals surface area contributed by atoms with E-state index in [1.54, 1.807) is 12.1 Å². The zero-order valence-electron chi connectivity index (χ0n) is 9.37. The molecule has 0 saturated heterocycles. The first kappa shape index (κ1) is 14.9. The highest BCUT2D eigenvalue weighted by Crippen LogP contribution is 2.39. The number of hydrogen-bond donors (Lipinski definition) is 1. The van der Waals surface area contributed by atoms with Crippen LogP contribution in [-0.2, 0) is 0 Å². The molecule has 0 radical (unpaired) electrons. The largest absolute Gasteiger partial charge is 0.486 e. The minimum Gasteiger partial charge on any atom is -0.486 e. The van der Waals surface area contributed by atoms with Gasteiger partial charge in [0.15, 0.2) is 11.5 Å². The zero-order chi connectivity index (χ0) is 12.5. The van der Waals surface area contributed by atoms with Crippen molar-refractivity contribution in [1.29, 1.82) is 0 Å². The van der Waals surface area contributed by atoms with E-state index in [9.17, 15) is 13.2 Å². The van der Waals surface area contributed by atoms with Crippen molar-refractivity contribution < 1.29 is 22.6 Å². The van der Waals surface area contributed by atoms with E-state index in [0.717, 1.165) is 0 Å². The van der Waals surface area contributed by atoms with Gasteiger partial charge in [-0.3, -0.25) is 0 Å². The Morgan fingerprint density at radius 3 is 2.56 bits per heavy atom. The van der Waals surface area contributed by atoms with Crippen molar-refractivity contribution in [3.8, 4) is 11.5 Å². The fraction of sp³-hybridized carbons (Fsp3) is 0.455. The van der Waals surface area contributed by atoms with Crippen LogP contribution in [0.25, 0.3) is 0 Å². The van der Waals surface area contributed by atoms with E-state index >= 15 is 0 Å². The summed E-state index contributed by atoms with van der Waals surface area (Å²) in [7, 11) is 0. The van der Waals surface area contributed by atoms with Gasteiger partial charge in [-0.15, -0.1) is 12.4 Å². The molecule has 18 heavy (non-hydrogen) atoms. The highest BCUT2D eigenvalue weighted by Gasteiger charge is 2.32. The summed E-state index contributed by atoms with van der Waals surface area (Å²) in [4.78, 5) is 0. The average Bonchev–Trinajstić information content (AvgIpc) is 2.26. The highest BCUT2D eigenvalue weighted by atomic mass is 35.5. The van der Waals surface area contributed by atoms with Crippen molar-refractivity contribution in [2.45, 2.75) is 18.6 Å². The second kappa shape index (κ2) is 5.67. The van der Waals surface area contributed by atoms with Gasteiger partial charge < -0.3 is 15.2 Å². The van der Waals surface area contributed by atoms with Crippen LogP contribution in [0.15, 0.2) is 18.2 Å². The van der Waals surface area contributed by atoms with Crippen molar-refractivity contribution in [2.24, 2.45) is 5.73 Å². The second-order valence-corrected chi connectivity index (χ2v) is 3.80. The van der Waals surface area contributed by atoms with Crippen LogP contribution in [0.4, 0.5) is 13.2 Å². The summed E-state index contributed by atoms with van der Waals surface area (Å²) in [5, 5.41) is 0. The summed E-state index contributed by atoms with van der Waals surface area (Å²) in [6, 6.07) is 3.66. The monoisotopic (exact) mass is 283 g/mol. The van der Waals surface area contributed by atoms with Crippen LogP contribution in [0.3, 0.4) is 0 Å². The van der Waals surface area contributed by atoms with Gasteiger partial charge in [0.2, 0.25) is 0 Å². The van der Waals surface area contributed by atoms with Gasteiger partial charge in [0.05, 0.1) is 6.42 Å². The lowest BCUT2D eigenvalue weighted by Crippen LogP contribution is -2.23. The Labute approximate surface area is 108 Å². The summed E-state index contributed by atoms with van der Waals surface area (Å²) in [5.41, 5.74) is 5.88. The molecule has 1 aliphatic heterocycles. The minimum atomic E-state index is -4.29. The normalized spacial score (nSPS) is 15.8. The molecule has 1 aliphatic rings. The van der Waals surface area contributed by atoms with E-state index in [2.05, 4.69) is 0 Å². The quantitative estimate of drug-likeness (QED) is 0.908. The molecule has 0 bridgehead atoms. The Morgan fingerprint density at radius 1 is 1.22 bits per heavy atom. The maximum Gasteiger partial charge on any atom is 0.390 e.